The van der Waals surface area contributed by atoms with Crippen LogP contribution in [0.2, 0.25) is 0 Å². The summed E-state index contributed by atoms with van der Waals surface area (Å²) in [5.74, 6) is 0.0551. The molecular weight excluding hydrogens is 313 g/mol. The summed E-state index contributed by atoms with van der Waals surface area (Å²) < 4.78 is 27.4. The van der Waals surface area contributed by atoms with Crippen molar-refractivity contribution in [3.63, 3.8) is 0 Å². The summed E-state index contributed by atoms with van der Waals surface area (Å²) in [5.41, 5.74) is 1.02. The Kier molecular flexibility index (Phi) is 4.05. The number of hydrogen-bond donors (Lipinski definition) is 1. The van der Waals surface area contributed by atoms with Gasteiger partial charge in [0.15, 0.2) is 0 Å². The van der Waals surface area contributed by atoms with Crippen LogP contribution < -0.4 is 16.3 Å². The minimum atomic E-state index is -2.76. The molecule has 0 atom stereocenters. The van der Waals surface area contributed by atoms with Crippen LogP contribution in [-0.2, 0) is 7.05 Å². The Hall–Kier alpha value is -2.77. The molecule has 0 saturated carbocycles. The van der Waals surface area contributed by atoms with Crippen molar-refractivity contribution >= 4 is 35.6 Å². The minimum Gasteiger partial charge on any atom is -0.339 e. The zero-order valence-corrected chi connectivity index (χ0v) is 13.0. The molecule has 5 nitrogen and oxygen atoms in total. The number of pyridine rings is 1. The monoisotopic (exact) mass is 326 g/mol. The van der Waals surface area contributed by atoms with Crippen molar-refractivity contribution in [1.82, 2.24) is 14.8 Å². The molecule has 2 radical (unpaired) electrons. The van der Waals surface area contributed by atoms with E-state index in [0.29, 0.717) is 16.5 Å². The summed E-state index contributed by atoms with van der Waals surface area (Å²) in [7, 11) is 7.35. The Morgan fingerprint density at radius 3 is 2.79 bits per heavy atom. The van der Waals surface area contributed by atoms with Gasteiger partial charge in [-0.2, -0.15) is 5.10 Å². The van der Waals surface area contributed by atoms with E-state index in [1.54, 1.807) is 25.1 Å². The molecule has 120 valence electrons. The van der Waals surface area contributed by atoms with Gasteiger partial charge < -0.3 is 5.32 Å². The molecule has 3 rings (SSSR count). The standard InChI is InChI=1S/C16H13BF2N4O/c1-8-10(17)4-3-5-11(8)21-15-13-9(6-12(22-15)14(18)19)7-20-23(2)16(13)24/h3-7,14H,1-2H3,(H,21,22). The van der Waals surface area contributed by atoms with E-state index in [1.807, 2.05) is 0 Å². The highest BCUT2D eigenvalue weighted by molar-refractivity contribution is 6.33. The maximum atomic E-state index is 13.1. The molecule has 0 saturated heterocycles. The molecule has 0 fully saturated rings. The number of aromatic nitrogens is 3. The quantitative estimate of drug-likeness (QED) is 0.749. The minimum absolute atomic E-state index is 0.0551. The van der Waals surface area contributed by atoms with Crippen LogP contribution in [0.25, 0.3) is 10.8 Å². The van der Waals surface area contributed by atoms with E-state index in [2.05, 4.69) is 15.4 Å². The first-order valence-electron chi connectivity index (χ1n) is 7.15. The molecule has 0 spiro atoms. The first-order chi connectivity index (χ1) is 11.4. The highest BCUT2D eigenvalue weighted by Gasteiger charge is 2.17. The van der Waals surface area contributed by atoms with Crippen molar-refractivity contribution in [2.75, 3.05) is 5.32 Å². The SMILES string of the molecule is [B]c1cccc(Nc2nc(C(F)F)cc3cnn(C)c(=O)c23)c1C. The van der Waals surface area contributed by atoms with Crippen molar-refractivity contribution in [3.8, 4) is 0 Å². The maximum Gasteiger partial charge on any atom is 0.280 e. The third-order valence-corrected chi connectivity index (χ3v) is 3.80. The average Bonchev–Trinajstić information content (AvgIpc) is 2.55. The molecule has 1 N–H and O–H groups in total. The lowest BCUT2D eigenvalue weighted by Gasteiger charge is -2.14. The number of aryl methyl sites for hydroxylation is 1. The number of halogens is 2. The van der Waals surface area contributed by atoms with E-state index in [4.69, 9.17) is 7.85 Å². The van der Waals surface area contributed by atoms with Crippen molar-refractivity contribution in [3.05, 3.63) is 52.1 Å². The molecular formula is C16H13BF2N4O. The van der Waals surface area contributed by atoms with Crippen molar-refractivity contribution in [2.45, 2.75) is 13.3 Å². The molecule has 3 aromatic rings. The fourth-order valence-electron chi connectivity index (χ4n) is 2.39. The number of nitrogens with zero attached hydrogens (tertiary/aromatic N) is 3. The molecule has 0 aliphatic carbocycles. The van der Waals surface area contributed by atoms with Gasteiger partial charge in [0, 0.05) is 18.1 Å². The van der Waals surface area contributed by atoms with E-state index in [1.165, 1.54) is 19.3 Å². The van der Waals surface area contributed by atoms with Crippen LogP contribution in [-0.4, -0.2) is 22.6 Å². The Morgan fingerprint density at radius 2 is 2.08 bits per heavy atom. The van der Waals surface area contributed by atoms with Gasteiger partial charge in [0.05, 0.1) is 11.6 Å². The summed E-state index contributed by atoms with van der Waals surface area (Å²) in [5, 5.41) is 7.32. The summed E-state index contributed by atoms with van der Waals surface area (Å²) in [6, 6.07) is 6.36. The number of benzene rings is 1. The van der Waals surface area contributed by atoms with Gasteiger partial charge in [0.2, 0.25) is 0 Å². The number of alkyl halides is 2. The first kappa shape index (κ1) is 16.1. The third-order valence-electron chi connectivity index (χ3n) is 3.80. The normalized spacial score (nSPS) is 11.2. The Bertz CT molecular complexity index is 988. The predicted molar refractivity (Wildman–Crippen MR) is 89.6 cm³/mol. The van der Waals surface area contributed by atoms with Crippen LogP contribution >= 0.6 is 0 Å². The second kappa shape index (κ2) is 6.03. The van der Waals surface area contributed by atoms with E-state index < -0.39 is 17.7 Å². The number of nitrogens with one attached hydrogen (secondary N) is 1. The molecule has 0 amide bonds. The Labute approximate surface area is 137 Å². The Morgan fingerprint density at radius 1 is 1.33 bits per heavy atom. The first-order valence-corrected chi connectivity index (χ1v) is 7.15. The molecule has 1 aromatic carbocycles. The Balaban J connectivity index is 2.26. The number of hydrogen-bond acceptors (Lipinski definition) is 4. The lowest BCUT2D eigenvalue weighted by atomic mass is 9.90. The fourth-order valence-corrected chi connectivity index (χ4v) is 2.39. The average molecular weight is 326 g/mol. The second-order valence-electron chi connectivity index (χ2n) is 5.38. The summed E-state index contributed by atoms with van der Waals surface area (Å²) in [6.45, 7) is 1.79. The van der Waals surface area contributed by atoms with Gasteiger partial charge in [0.25, 0.3) is 12.0 Å². The molecule has 0 unspecified atom stereocenters. The van der Waals surface area contributed by atoms with Crippen LogP contribution in [0.3, 0.4) is 0 Å². The van der Waals surface area contributed by atoms with E-state index in [9.17, 15) is 13.6 Å². The molecule has 2 heterocycles. The van der Waals surface area contributed by atoms with E-state index in [-0.39, 0.29) is 11.2 Å². The highest BCUT2D eigenvalue weighted by atomic mass is 19.3. The predicted octanol–water partition coefficient (Wildman–Crippen LogP) is 2.11. The molecule has 0 aliphatic rings. The topological polar surface area (TPSA) is 59.8 Å². The fraction of sp³-hybridized carbons (Fsp3) is 0.188. The second-order valence-corrected chi connectivity index (χ2v) is 5.38. The van der Waals surface area contributed by atoms with E-state index >= 15 is 0 Å². The van der Waals surface area contributed by atoms with Crippen molar-refractivity contribution < 1.29 is 8.78 Å². The molecule has 24 heavy (non-hydrogen) atoms. The van der Waals surface area contributed by atoms with Gasteiger partial charge >= 0.3 is 0 Å². The van der Waals surface area contributed by atoms with Gasteiger partial charge in [-0.15, -0.1) is 0 Å². The molecule has 2 aromatic heterocycles. The van der Waals surface area contributed by atoms with Crippen LogP contribution in [0, 0.1) is 6.92 Å². The summed E-state index contributed by atoms with van der Waals surface area (Å²) in [4.78, 5) is 16.3. The van der Waals surface area contributed by atoms with Gasteiger partial charge in [0.1, 0.15) is 19.4 Å². The van der Waals surface area contributed by atoms with Crippen LogP contribution in [0.5, 0.6) is 0 Å². The maximum absolute atomic E-state index is 13.1. The highest BCUT2D eigenvalue weighted by Crippen LogP contribution is 2.27. The molecule has 0 aliphatic heterocycles. The van der Waals surface area contributed by atoms with Gasteiger partial charge in [-0.3, -0.25) is 4.79 Å². The van der Waals surface area contributed by atoms with E-state index in [0.717, 1.165) is 10.2 Å². The smallest absolute Gasteiger partial charge is 0.280 e. The zero-order chi connectivity index (χ0) is 17.4. The van der Waals surface area contributed by atoms with Crippen LogP contribution in [0.4, 0.5) is 20.3 Å². The number of fused-ring (bicyclic) bond motifs is 1. The van der Waals surface area contributed by atoms with Gasteiger partial charge in [-0.25, -0.2) is 18.4 Å². The van der Waals surface area contributed by atoms with Crippen molar-refractivity contribution in [2.24, 2.45) is 7.05 Å². The van der Waals surface area contributed by atoms with Gasteiger partial charge in [-0.1, -0.05) is 17.6 Å². The number of anilines is 2. The number of rotatable bonds is 3. The van der Waals surface area contributed by atoms with Crippen molar-refractivity contribution in [1.29, 1.82) is 0 Å². The third kappa shape index (κ3) is 2.75. The lowest BCUT2D eigenvalue weighted by molar-refractivity contribution is 0.146. The zero-order valence-electron chi connectivity index (χ0n) is 13.0. The lowest BCUT2D eigenvalue weighted by Crippen LogP contribution is -2.21. The summed E-state index contributed by atoms with van der Waals surface area (Å²) >= 11 is 0. The van der Waals surface area contributed by atoms with Crippen LogP contribution in [0.1, 0.15) is 17.7 Å². The molecule has 0 bridgehead atoms. The van der Waals surface area contributed by atoms with Crippen LogP contribution in [0.15, 0.2) is 35.3 Å². The van der Waals surface area contributed by atoms with Gasteiger partial charge in [-0.05, 0) is 24.6 Å². The summed E-state index contributed by atoms with van der Waals surface area (Å²) in [6.07, 6.45) is -1.40. The largest absolute Gasteiger partial charge is 0.339 e. The molecule has 8 heteroatoms.